The number of ether oxygens (including phenoxy) is 1. The van der Waals surface area contributed by atoms with Gasteiger partial charge >= 0.3 is 11.6 Å². The summed E-state index contributed by atoms with van der Waals surface area (Å²) < 4.78 is 11.2. The first-order valence-corrected chi connectivity index (χ1v) is 9.31. The van der Waals surface area contributed by atoms with Gasteiger partial charge in [-0.25, -0.2) is 9.59 Å². The molecule has 3 atom stereocenters. The molecule has 0 aliphatic rings. The summed E-state index contributed by atoms with van der Waals surface area (Å²) in [6.07, 6.45) is -0.297. The average Bonchev–Trinajstić information content (AvgIpc) is 2.65. The van der Waals surface area contributed by atoms with Crippen molar-refractivity contribution in [1.82, 2.24) is 5.32 Å². The Morgan fingerprint density at radius 2 is 1.79 bits per heavy atom. The molecule has 0 spiro atoms. The highest BCUT2D eigenvalue weighted by molar-refractivity contribution is 5.87. The molecule has 1 heterocycles. The van der Waals surface area contributed by atoms with Crippen molar-refractivity contribution in [2.24, 2.45) is 5.92 Å². The van der Waals surface area contributed by atoms with Crippen LogP contribution in [0.3, 0.4) is 0 Å². The number of hydrogen-bond donors (Lipinski definition) is 2. The lowest BCUT2D eigenvalue weighted by Gasteiger charge is -2.23. The molecule has 2 aromatic rings. The highest BCUT2D eigenvalue weighted by Gasteiger charge is 2.28. The van der Waals surface area contributed by atoms with Crippen LogP contribution in [0.1, 0.15) is 43.9 Å². The minimum Gasteiger partial charge on any atom is -0.480 e. The summed E-state index contributed by atoms with van der Waals surface area (Å²) >= 11 is 0. The number of carboxylic acids is 1. The Morgan fingerprint density at radius 1 is 1.14 bits per heavy atom. The number of hydrogen-bond acceptors (Lipinski definition) is 5. The van der Waals surface area contributed by atoms with Crippen LogP contribution in [0.5, 0.6) is 5.75 Å². The maximum atomic E-state index is 12.4. The van der Waals surface area contributed by atoms with Crippen LogP contribution in [0.4, 0.5) is 0 Å². The Balaban J connectivity index is 2.27. The topological polar surface area (TPSA) is 106 Å². The van der Waals surface area contributed by atoms with Gasteiger partial charge in [0.25, 0.3) is 5.91 Å². The van der Waals surface area contributed by atoms with Crippen LogP contribution >= 0.6 is 0 Å². The molecule has 2 N–H and O–H groups in total. The largest absolute Gasteiger partial charge is 0.480 e. The standard InChI is InChI=1S/C21H27NO6/c1-7-10(2)17(20(24)25)22-19(23)14(6)27-16-9-8-15-11(3)12(4)21(26)28-18(15)13(16)5/h8-10,14,17H,7H2,1-6H3,(H,22,23)(H,24,25)/t10-,14+,17-/m0/s1. The normalized spacial score (nSPS) is 14.4. The van der Waals surface area contributed by atoms with Crippen molar-refractivity contribution in [3.63, 3.8) is 0 Å². The number of carboxylic acid groups (broad SMARTS) is 1. The van der Waals surface area contributed by atoms with Gasteiger partial charge in [-0.1, -0.05) is 20.3 Å². The van der Waals surface area contributed by atoms with Crippen molar-refractivity contribution < 1.29 is 23.8 Å². The molecule has 0 bridgehead atoms. The number of nitrogens with one attached hydrogen (secondary N) is 1. The van der Waals surface area contributed by atoms with Crippen molar-refractivity contribution >= 4 is 22.8 Å². The molecule has 0 aliphatic heterocycles. The van der Waals surface area contributed by atoms with E-state index in [1.165, 1.54) is 0 Å². The van der Waals surface area contributed by atoms with Crippen LogP contribution in [-0.2, 0) is 9.59 Å². The van der Waals surface area contributed by atoms with Gasteiger partial charge in [0, 0.05) is 16.5 Å². The summed E-state index contributed by atoms with van der Waals surface area (Å²) in [5, 5.41) is 12.7. The first kappa shape index (κ1) is 21.5. The van der Waals surface area contributed by atoms with E-state index in [2.05, 4.69) is 5.32 Å². The quantitative estimate of drug-likeness (QED) is 0.705. The number of aliphatic carboxylic acids is 1. The molecule has 7 heteroatoms. The fourth-order valence-electron chi connectivity index (χ4n) is 2.95. The van der Waals surface area contributed by atoms with E-state index in [0.29, 0.717) is 28.9 Å². The molecular weight excluding hydrogens is 362 g/mol. The van der Waals surface area contributed by atoms with E-state index in [-0.39, 0.29) is 5.92 Å². The first-order valence-electron chi connectivity index (χ1n) is 9.31. The fraction of sp³-hybridized carbons (Fsp3) is 0.476. The molecule has 1 aromatic heterocycles. The zero-order valence-electron chi connectivity index (χ0n) is 17.1. The minimum absolute atomic E-state index is 0.212. The maximum absolute atomic E-state index is 12.4. The van der Waals surface area contributed by atoms with Crippen LogP contribution in [0.15, 0.2) is 21.3 Å². The van der Waals surface area contributed by atoms with Crippen LogP contribution in [0.2, 0.25) is 0 Å². The second-order valence-electron chi connectivity index (χ2n) is 7.18. The number of carbonyl (C=O) groups excluding carboxylic acids is 1. The Kier molecular flexibility index (Phi) is 6.48. The van der Waals surface area contributed by atoms with Gasteiger partial charge in [-0.15, -0.1) is 0 Å². The van der Waals surface area contributed by atoms with E-state index in [9.17, 15) is 19.5 Å². The van der Waals surface area contributed by atoms with Gasteiger partial charge in [-0.05, 0) is 51.3 Å². The first-order chi connectivity index (χ1) is 13.1. The van der Waals surface area contributed by atoms with E-state index in [1.54, 1.807) is 39.8 Å². The van der Waals surface area contributed by atoms with Crippen molar-refractivity contribution in [1.29, 1.82) is 0 Å². The zero-order valence-corrected chi connectivity index (χ0v) is 17.1. The third kappa shape index (κ3) is 4.18. The smallest absolute Gasteiger partial charge is 0.339 e. The average molecular weight is 389 g/mol. The van der Waals surface area contributed by atoms with Crippen molar-refractivity contribution in [3.05, 3.63) is 39.2 Å². The van der Waals surface area contributed by atoms with Crippen molar-refractivity contribution in [2.45, 2.75) is 60.1 Å². The van der Waals surface area contributed by atoms with Gasteiger partial charge in [0.2, 0.25) is 0 Å². The Bertz CT molecular complexity index is 962. The van der Waals surface area contributed by atoms with Gasteiger partial charge in [-0.2, -0.15) is 0 Å². The van der Waals surface area contributed by atoms with Gasteiger partial charge in [0.1, 0.15) is 17.4 Å². The summed E-state index contributed by atoms with van der Waals surface area (Å²) in [6.45, 7) is 10.5. The minimum atomic E-state index is -1.08. The zero-order chi connectivity index (χ0) is 21.2. The van der Waals surface area contributed by atoms with Gasteiger partial charge in [-0.3, -0.25) is 4.79 Å². The van der Waals surface area contributed by atoms with E-state index in [1.807, 2.05) is 13.8 Å². The molecular formula is C21H27NO6. The Hall–Kier alpha value is -2.83. The van der Waals surface area contributed by atoms with Crippen LogP contribution in [-0.4, -0.2) is 29.1 Å². The van der Waals surface area contributed by atoms with Crippen LogP contribution < -0.4 is 15.7 Å². The number of fused-ring (bicyclic) bond motifs is 1. The van der Waals surface area contributed by atoms with E-state index in [4.69, 9.17) is 9.15 Å². The molecule has 28 heavy (non-hydrogen) atoms. The molecule has 1 amide bonds. The molecule has 0 saturated carbocycles. The second-order valence-corrected chi connectivity index (χ2v) is 7.18. The Labute approximate surface area is 163 Å². The van der Waals surface area contributed by atoms with Gasteiger partial charge < -0.3 is 19.6 Å². The highest BCUT2D eigenvalue weighted by Crippen LogP contribution is 2.29. The predicted molar refractivity (Wildman–Crippen MR) is 106 cm³/mol. The molecule has 1 aromatic carbocycles. The van der Waals surface area contributed by atoms with E-state index < -0.39 is 29.6 Å². The number of carbonyl (C=O) groups is 2. The fourth-order valence-corrected chi connectivity index (χ4v) is 2.95. The monoisotopic (exact) mass is 389 g/mol. The lowest BCUT2D eigenvalue weighted by Crippen LogP contribution is -2.49. The lowest BCUT2D eigenvalue weighted by atomic mass is 9.99. The molecule has 0 fully saturated rings. The molecule has 7 nitrogen and oxygen atoms in total. The van der Waals surface area contributed by atoms with Gasteiger partial charge in [0.15, 0.2) is 6.10 Å². The summed E-state index contributed by atoms with van der Waals surface area (Å²) in [5.41, 5.74) is 2.01. The molecule has 0 radical (unpaired) electrons. The molecule has 0 saturated heterocycles. The molecule has 152 valence electrons. The summed E-state index contributed by atoms with van der Waals surface area (Å²) in [5.74, 6) is -1.41. The predicted octanol–water partition coefficient (Wildman–Crippen LogP) is 3.10. The second kappa shape index (κ2) is 8.46. The van der Waals surface area contributed by atoms with Crippen LogP contribution in [0, 0.1) is 26.7 Å². The third-order valence-electron chi connectivity index (χ3n) is 5.27. The molecule has 0 unspecified atom stereocenters. The number of aryl methyl sites for hydroxylation is 2. The van der Waals surface area contributed by atoms with Crippen LogP contribution in [0.25, 0.3) is 11.0 Å². The third-order valence-corrected chi connectivity index (χ3v) is 5.27. The Morgan fingerprint density at radius 3 is 2.36 bits per heavy atom. The SMILES string of the molecule is CC[C@H](C)[C@H](NC(=O)[C@@H](C)Oc1ccc2c(C)c(C)c(=O)oc2c1C)C(=O)O. The summed E-state index contributed by atoms with van der Waals surface area (Å²) in [4.78, 5) is 35.8. The van der Waals surface area contributed by atoms with Crippen molar-refractivity contribution in [2.75, 3.05) is 0 Å². The number of benzene rings is 1. The maximum Gasteiger partial charge on any atom is 0.339 e. The summed E-state index contributed by atoms with van der Waals surface area (Å²) in [7, 11) is 0. The highest BCUT2D eigenvalue weighted by atomic mass is 16.5. The molecule has 2 rings (SSSR count). The number of amides is 1. The van der Waals surface area contributed by atoms with E-state index in [0.717, 1.165) is 10.9 Å². The van der Waals surface area contributed by atoms with Gasteiger partial charge in [0.05, 0.1) is 0 Å². The summed E-state index contributed by atoms with van der Waals surface area (Å²) in [6, 6.07) is 2.52. The molecule has 0 aliphatic carbocycles. The van der Waals surface area contributed by atoms with Crippen molar-refractivity contribution in [3.8, 4) is 5.75 Å². The number of rotatable bonds is 7. The van der Waals surface area contributed by atoms with E-state index >= 15 is 0 Å². The lowest BCUT2D eigenvalue weighted by molar-refractivity contribution is -0.144.